The zero-order valence-corrected chi connectivity index (χ0v) is 14.7. The van der Waals surface area contributed by atoms with Crippen LogP contribution in [0.15, 0.2) is 58.7 Å². The molecule has 0 radical (unpaired) electrons. The fourth-order valence-corrected chi connectivity index (χ4v) is 1.95. The Labute approximate surface area is 163 Å². The first-order chi connectivity index (χ1) is 13.8. The molecule has 0 aliphatic heterocycles. The highest BCUT2D eigenvalue weighted by molar-refractivity contribution is 5.97. The first-order valence-electron chi connectivity index (χ1n) is 7.98. The van der Waals surface area contributed by atoms with E-state index >= 15 is 0 Å². The van der Waals surface area contributed by atoms with E-state index in [9.17, 15) is 29.8 Å². The SMILES string of the molecule is O=C(CC(=O)N/N=C\c1ccc([N+](=O)[O-])cc1)N/N=C\c1ccc([N+](=O)[O-])cc1. The largest absolute Gasteiger partial charge is 0.273 e. The molecule has 0 unspecified atom stereocenters. The summed E-state index contributed by atoms with van der Waals surface area (Å²) in [4.78, 5) is 43.3. The van der Waals surface area contributed by atoms with Crippen LogP contribution in [-0.2, 0) is 9.59 Å². The summed E-state index contributed by atoms with van der Waals surface area (Å²) in [5, 5.41) is 28.4. The fraction of sp³-hybridized carbons (Fsp3) is 0.0588. The van der Waals surface area contributed by atoms with Crippen LogP contribution in [0.3, 0.4) is 0 Å². The molecule has 0 aliphatic rings. The number of hydrogen-bond acceptors (Lipinski definition) is 8. The van der Waals surface area contributed by atoms with Crippen LogP contribution in [0.2, 0.25) is 0 Å². The Kier molecular flexibility index (Phi) is 7.19. The van der Waals surface area contributed by atoms with Crippen LogP contribution < -0.4 is 10.9 Å². The molecule has 0 aromatic heterocycles. The van der Waals surface area contributed by atoms with Crippen molar-refractivity contribution in [3.8, 4) is 0 Å². The maximum Gasteiger partial charge on any atom is 0.269 e. The lowest BCUT2D eigenvalue weighted by Gasteiger charge is -1.99. The van der Waals surface area contributed by atoms with Gasteiger partial charge >= 0.3 is 0 Å². The third-order valence-corrected chi connectivity index (χ3v) is 3.33. The molecule has 2 aromatic rings. The van der Waals surface area contributed by atoms with Crippen molar-refractivity contribution in [1.82, 2.24) is 10.9 Å². The normalized spacial score (nSPS) is 10.8. The molecule has 29 heavy (non-hydrogen) atoms. The van der Waals surface area contributed by atoms with Gasteiger partial charge in [-0.1, -0.05) is 0 Å². The lowest BCUT2D eigenvalue weighted by Crippen LogP contribution is -2.27. The highest BCUT2D eigenvalue weighted by atomic mass is 16.6. The predicted molar refractivity (Wildman–Crippen MR) is 102 cm³/mol. The van der Waals surface area contributed by atoms with Gasteiger partial charge in [0.15, 0.2) is 0 Å². The summed E-state index contributed by atoms with van der Waals surface area (Å²) in [6, 6.07) is 11.0. The number of nitrogens with zero attached hydrogens (tertiary/aromatic N) is 4. The number of non-ortho nitro benzene ring substituents is 2. The van der Waals surface area contributed by atoms with Gasteiger partial charge in [-0.2, -0.15) is 10.2 Å². The van der Waals surface area contributed by atoms with Crippen molar-refractivity contribution in [1.29, 1.82) is 0 Å². The Morgan fingerprint density at radius 3 is 1.41 bits per heavy atom. The predicted octanol–water partition coefficient (Wildman–Crippen LogP) is 1.49. The molecule has 0 spiro atoms. The number of rotatable bonds is 8. The average molecular weight is 398 g/mol. The number of carbonyl (C=O) groups is 2. The van der Waals surface area contributed by atoms with E-state index in [2.05, 4.69) is 21.1 Å². The number of amides is 2. The minimum atomic E-state index is -0.689. The van der Waals surface area contributed by atoms with Gasteiger partial charge in [-0.25, -0.2) is 10.9 Å². The Morgan fingerprint density at radius 1 is 0.759 bits per heavy atom. The van der Waals surface area contributed by atoms with Crippen molar-refractivity contribution in [2.75, 3.05) is 0 Å². The van der Waals surface area contributed by atoms with Crippen LogP contribution in [0.1, 0.15) is 17.5 Å². The van der Waals surface area contributed by atoms with Gasteiger partial charge in [0, 0.05) is 24.3 Å². The second-order valence-electron chi connectivity index (χ2n) is 5.46. The van der Waals surface area contributed by atoms with E-state index in [1.54, 1.807) is 0 Å². The zero-order chi connectivity index (χ0) is 21.2. The lowest BCUT2D eigenvalue weighted by atomic mass is 10.2. The quantitative estimate of drug-likeness (QED) is 0.295. The van der Waals surface area contributed by atoms with Crippen molar-refractivity contribution in [2.24, 2.45) is 10.2 Å². The van der Waals surface area contributed by atoms with Gasteiger partial charge in [0.1, 0.15) is 6.42 Å². The molecule has 0 fully saturated rings. The van der Waals surface area contributed by atoms with Gasteiger partial charge in [0.2, 0.25) is 11.8 Å². The molecular weight excluding hydrogens is 384 g/mol. The van der Waals surface area contributed by atoms with Crippen molar-refractivity contribution in [2.45, 2.75) is 6.42 Å². The molecule has 12 nitrogen and oxygen atoms in total. The number of hydrazone groups is 2. The second kappa shape index (κ2) is 10.0. The van der Waals surface area contributed by atoms with E-state index in [4.69, 9.17) is 0 Å². The number of nitro benzene ring substituents is 2. The van der Waals surface area contributed by atoms with Crippen LogP contribution in [-0.4, -0.2) is 34.1 Å². The van der Waals surface area contributed by atoms with E-state index < -0.39 is 28.1 Å². The molecule has 0 atom stereocenters. The monoisotopic (exact) mass is 398 g/mol. The van der Waals surface area contributed by atoms with Gasteiger partial charge in [0.05, 0.1) is 22.3 Å². The summed E-state index contributed by atoms with van der Waals surface area (Å²) in [7, 11) is 0. The van der Waals surface area contributed by atoms with Crippen LogP contribution in [0.5, 0.6) is 0 Å². The van der Waals surface area contributed by atoms with Crippen molar-refractivity contribution in [3.63, 3.8) is 0 Å². The fourth-order valence-electron chi connectivity index (χ4n) is 1.95. The average Bonchev–Trinajstić information content (AvgIpc) is 2.68. The maximum absolute atomic E-state index is 11.6. The third kappa shape index (κ3) is 6.97. The molecule has 12 heteroatoms. The summed E-state index contributed by atoms with van der Waals surface area (Å²) < 4.78 is 0. The van der Waals surface area contributed by atoms with Gasteiger partial charge < -0.3 is 0 Å². The number of carbonyl (C=O) groups excluding carboxylic acids is 2. The lowest BCUT2D eigenvalue weighted by molar-refractivity contribution is -0.385. The Hall–Kier alpha value is -4.48. The molecule has 0 bridgehead atoms. The van der Waals surface area contributed by atoms with E-state index in [0.717, 1.165) is 0 Å². The number of nitrogens with one attached hydrogen (secondary N) is 2. The first kappa shape index (κ1) is 20.8. The Bertz CT molecular complexity index is 889. The van der Waals surface area contributed by atoms with Crippen LogP contribution in [0.25, 0.3) is 0 Å². The summed E-state index contributed by atoms with van der Waals surface area (Å²) in [6.45, 7) is 0. The molecule has 0 aliphatic carbocycles. The number of hydrogen-bond donors (Lipinski definition) is 2. The van der Waals surface area contributed by atoms with Gasteiger partial charge in [0.25, 0.3) is 11.4 Å². The van der Waals surface area contributed by atoms with Crippen LogP contribution >= 0.6 is 0 Å². The standard InChI is InChI=1S/C17H14N6O6/c24-16(20-18-10-12-1-5-14(6-2-12)22(26)27)9-17(25)21-19-11-13-3-7-15(8-4-13)23(28)29/h1-8,10-11H,9H2,(H,20,24)(H,21,25)/b18-10-,19-11-. The van der Waals surface area contributed by atoms with E-state index in [-0.39, 0.29) is 11.4 Å². The van der Waals surface area contributed by atoms with Crippen LogP contribution in [0, 0.1) is 20.2 Å². The Balaban J connectivity index is 1.76. The highest BCUT2D eigenvalue weighted by Crippen LogP contribution is 2.11. The third-order valence-electron chi connectivity index (χ3n) is 3.33. The van der Waals surface area contributed by atoms with E-state index in [0.29, 0.717) is 11.1 Å². The summed E-state index contributed by atoms with van der Waals surface area (Å²) in [6.07, 6.45) is 2.01. The number of benzene rings is 2. The van der Waals surface area contributed by atoms with E-state index in [1.165, 1.54) is 61.0 Å². The van der Waals surface area contributed by atoms with E-state index in [1.807, 2.05) is 0 Å². The highest BCUT2D eigenvalue weighted by Gasteiger charge is 2.08. The molecule has 2 aromatic carbocycles. The molecule has 2 N–H and O–H groups in total. The van der Waals surface area contributed by atoms with Gasteiger partial charge in [-0.3, -0.25) is 29.8 Å². The molecule has 2 rings (SSSR count). The molecule has 0 saturated heterocycles. The minimum absolute atomic E-state index is 0.0721. The Morgan fingerprint density at radius 2 is 1.10 bits per heavy atom. The topological polar surface area (TPSA) is 169 Å². The van der Waals surface area contributed by atoms with Crippen molar-refractivity contribution in [3.05, 3.63) is 79.9 Å². The first-order valence-corrected chi connectivity index (χ1v) is 7.98. The molecular formula is C17H14N6O6. The molecule has 0 saturated carbocycles. The summed E-state index contributed by atoms with van der Waals surface area (Å²) >= 11 is 0. The summed E-state index contributed by atoms with van der Waals surface area (Å²) in [5.41, 5.74) is 5.19. The smallest absolute Gasteiger partial charge is 0.269 e. The summed E-state index contributed by atoms with van der Waals surface area (Å²) in [5.74, 6) is -1.38. The van der Waals surface area contributed by atoms with Gasteiger partial charge in [-0.05, 0) is 35.4 Å². The number of nitro groups is 2. The molecule has 148 valence electrons. The molecule has 0 heterocycles. The maximum atomic E-state index is 11.6. The second-order valence-corrected chi connectivity index (χ2v) is 5.46. The minimum Gasteiger partial charge on any atom is -0.273 e. The molecule has 2 amide bonds. The zero-order valence-electron chi connectivity index (χ0n) is 14.7. The van der Waals surface area contributed by atoms with Crippen LogP contribution in [0.4, 0.5) is 11.4 Å². The van der Waals surface area contributed by atoms with Crippen molar-refractivity contribution >= 4 is 35.6 Å². The van der Waals surface area contributed by atoms with Gasteiger partial charge in [-0.15, -0.1) is 0 Å². The van der Waals surface area contributed by atoms with Crippen molar-refractivity contribution < 1.29 is 19.4 Å².